The molecular weight excluding hydrogens is 267 g/mol. The summed E-state index contributed by atoms with van der Waals surface area (Å²) >= 11 is 0. The Kier molecular flexibility index (Phi) is 3.60. The highest BCUT2D eigenvalue weighted by atomic mass is 19.1. The smallest absolute Gasteiger partial charge is 0.253 e. The Morgan fingerprint density at radius 2 is 1.90 bits per heavy atom. The predicted octanol–water partition coefficient (Wildman–Crippen LogP) is 2.70. The Morgan fingerprint density at radius 3 is 2.71 bits per heavy atom. The van der Waals surface area contributed by atoms with Crippen molar-refractivity contribution in [1.29, 1.82) is 0 Å². The first-order chi connectivity index (χ1) is 10.1. The minimum atomic E-state index is -0.559. The molecule has 0 bridgehead atoms. The molecule has 108 valence electrons. The second-order valence-corrected chi connectivity index (χ2v) is 5.38. The zero-order chi connectivity index (χ0) is 14.8. The molecule has 0 aliphatic heterocycles. The van der Waals surface area contributed by atoms with Crippen LogP contribution in [-0.4, -0.2) is 11.9 Å². The third-order valence-electron chi connectivity index (χ3n) is 3.98. The molecule has 21 heavy (non-hydrogen) atoms. The Bertz CT molecular complexity index is 684. The zero-order valence-corrected chi connectivity index (χ0v) is 11.6. The molecular formula is C17H17FN2O. The summed E-state index contributed by atoms with van der Waals surface area (Å²) in [6.45, 7) is 0. The molecule has 2 aromatic carbocycles. The average molecular weight is 284 g/mol. The second kappa shape index (κ2) is 5.56. The second-order valence-electron chi connectivity index (χ2n) is 5.38. The molecule has 0 radical (unpaired) electrons. The van der Waals surface area contributed by atoms with Crippen molar-refractivity contribution < 1.29 is 9.18 Å². The number of rotatable bonds is 2. The molecule has 2 aromatic rings. The van der Waals surface area contributed by atoms with E-state index in [9.17, 15) is 9.18 Å². The average Bonchev–Trinajstić information content (AvgIpc) is 2.50. The third-order valence-corrected chi connectivity index (χ3v) is 3.98. The van der Waals surface area contributed by atoms with Gasteiger partial charge in [0.1, 0.15) is 5.82 Å². The highest BCUT2D eigenvalue weighted by Gasteiger charge is 2.21. The van der Waals surface area contributed by atoms with Crippen LogP contribution in [0, 0.1) is 5.82 Å². The monoisotopic (exact) mass is 284 g/mol. The lowest BCUT2D eigenvalue weighted by molar-refractivity contribution is 0.0934. The van der Waals surface area contributed by atoms with Crippen molar-refractivity contribution in [2.75, 3.05) is 5.73 Å². The van der Waals surface area contributed by atoms with E-state index in [0.717, 1.165) is 19.3 Å². The van der Waals surface area contributed by atoms with Crippen LogP contribution in [0.15, 0.2) is 42.5 Å². The van der Waals surface area contributed by atoms with Crippen molar-refractivity contribution >= 4 is 11.6 Å². The molecule has 0 saturated heterocycles. The van der Waals surface area contributed by atoms with Gasteiger partial charge in [0.15, 0.2) is 0 Å². The number of hydrogen-bond donors (Lipinski definition) is 2. The van der Waals surface area contributed by atoms with Gasteiger partial charge in [-0.2, -0.15) is 0 Å². The maximum atomic E-state index is 13.4. The first-order valence-electron chi connectivity index (χ1n) is 7.07. The Morgan fingerprint density at radius 1 is 1.14 bits per heavy atom. The van der Waals surface area contributed by atoms with Gasteiger partial charge in [0.05, 0.1) is 11.3 Å². The fourth-order valence-corrected chi connectivity index (χ4v) is 2.82. The molecule has 3 rings (SSSR count). The van der Waals surface area contributed by atoms with Gasteiger partial charge >= 0.3 is 0 Å². The number of carbonyl (C=O) groups is 1. The van der Waals surface area contributed by atoms with E-state index in [0.29, 0.717) is 0 Å². The van der Waals surface area contributed by atoms with Gasteiger partial charge in [-0.1, -0.05) is 30.3 Å². The van der Waals surface area contributed by atoms with Gasteiger partial charge in [-0.3, -0.25) is 4.79 Å². The SMILES string of the molecule is Nc1c(F)cccc1C(=O)NC1CCc2ccccc2C1. The molecule has 0 spiro atoms. The lowest BCUT2D eigenvalue weighted by Crippen LogP contribution is -2.39. The number of para-hydroxylation sites is 1. The molecule has 1 aliphatic carbocycles. The molecule has 1 atom stereocenters. The number of fused-ring (bicyclic) bond motifs is 1. The molecule has 4 heteroatoms. The van der Waals surface area contributed by atoms with Crippen LogP contribution in [0.1, 0.15) is 27.9 Å². The van der Waals surface area contributed by atoms with Gasteiger partial charge in [-0.25, -0.2) is 4.39 Å². The number of nitrogens with two attached hydrogens (primary N) is 1. The summed E-state index contributed by atoms with van der Waals surface area (Å²) in [6.07, 6.45) is 2.63. The quantitative estimate of drug-likeness (QED) is 0.833. The van der Waals surface area contributed by atoms with Crippen LogP contribution in [0.4, 0.5) is 10.1 Å². The Labute approximate surface area is 123 Å². The summed E-state index contributed by atoms with van der Waals surface area (Å²) < 4.78 is 13.4. The number of aryl methyl sites for hydroxylation is 1. The van der Waals surface area contributed by atoms with Crippen LogP contribution >= 0.6 is 0 Å². The van der Waals surface area contributed by atoms with E-state index in [4.69, 9.17) is 5.73 Å². The molecule has 0 aromatic heterocycles. The summed E-state index contributed by atoms with van der Waals surface area (Å²) in [5, 5.41) is 2.96. The minimum absolute atomic E-state index is 0.0649. The summed E-state index contributed by atoms with van der Waals surface area (Å²) in [6, 6.07) is 12.6. The van der Waals surface area contributed by atoms with E-state index in [1.807, 2.05) is 12.1 Å². The van der Waals surface area contributed by atoms with Crippen molar-refractivity contribution in [3.05, 3.63) is 65.0 Å². The van der Waals surface area contributed by atoms with E-state index in [1.165, 1.54) is 23.3 Å². The lowest BCUT2D eigenvalue weighted by atomic mass is 9.88. The number of anilines is 1. The highest BCUT2D eigenvalue weighted by Crippen LogP contribution is 2.22. The molecule has 0 fully saturated rings. The number of nitrogens with one attached hydrogen (secondary N) is 1. The third kappa shape index (κ3) is 2.75. The zero-order valence-electron chi connectivity index (χ0n) is 11.6. The highest BCUT2D eigenvalue weighted by molar-refractivity contribution is 5.99. The number of halogens is 1. The summed E-state index contributed by atoms with van der Waals surface area (Å²) in [4.78, 5) is 12.2. The largest absolute Gasteiger partial charge is 0.396 e. The van der Waals surface area contributed by atoms with Crippen molar-refractivity contribution in [2.24, 2.45) is 0 Å². The van der Waals surface area contributed by atoms with Crippen molar-refractivity contribution in [1.82, 2.24) is 5.32 Å². The van der Waals surface area contributed by atoms with Crippen LogP contribution in [-0.2, 0) is 12.8 Å². The summed E-state index contributed by atoms with van der Waals surface area (Å²) in [5.74, 6) is -0.868. The predicted molar refractivity (Wildman–Crippen MR) is 80.5 cm³/mol. The summed E-state index contributed by atoms with van der Waals surface area (Å²) in [7, 11) is 0. The molecule has 3 N–H and O–H groups in total. The number of hydrogen-bond acceptors (Lipinski definition) is 2. The van der Waals surface area contributed by atoms with E-state index < -0.39 is 5.82 Å². The van der Waals surface area contributed by atoms with E-state index in [1.54, 1.807) is 6.07 Å². The normalized spacial score (nSPS) is 17.1. The lowest BCUT2D eigenvalue weighted by Gasteiger charge is -2.25. The Balaban J connectivity index is 1.73. The van der Waals surface area contributed by atoms with Crippen molar-refractivity contribution in [3.63, 3.8) is 0 Å². The number of benzene rings is 2. The van der Waals surface area contributed by atoms with E-state index in [2.05, 4.69) is 17.4 Å². The summed E-state index contributed by atoms with van der Waals surface area (Å²) in [5.41, 5.74) is 8.35. The molecule has 1 unspecified atom stereocenters. The minimum Gasteiger partial charge on any atom is -0.396 e. The molecule has 1 aliphatic rings. The van der Waals surface area contributed by atoms with Crippen LogP contribution < -0.4 is 11.1 Å². The number of carbonyl (C=O) groups excluding carboxylic acids is 1. The topological polar surface area (TPSA) is 55.1 Å². The van der Waals surface area contributed by atoms with Gasteiger partial charge < -0.3 is 11.1 Å². The van der Waals surface area contributed by atoms with E-state index in [-0.39, 0.29) is 23.2 Å². The fourth-order valence-electron chi connectivity index (χ4n) is 2.82. The van der Waals surface area contributed by atoms with Gasteiger partial charge in [0.25, 0.3) is 5.91 Å². The standard InChI is InChI=1S/C17H17FN2O/c18-15-7-3-6-14(16(15)19)17(21)20-13-9-8-11-4-1-2-5-12(11)10-13/h1-7,13H,8-10,19H2,(H,20,21). The molecule has 0 saturated carbocycles. The molecule has 1 amide bonds. The van der Waals surface area contributed by atoms with Crippen LogP contribution in [0.3, 0.4) is 0 Å². The first-order valence-corrected chi connectivity index (χ1v) is 7.07. The van der Waals surface area contributed by atoms with Gasteiger partial charge in [0.2, 0.25) is 0 Å². The van der Waals surface area contributed by atoms with Crippen LogP contribution in [0.5, 0.6) is 0 Å². The number of amides is 1. The van der Waals surface area contributed by atoms with Crippen LogP contribution in [0.2, 0.25) is 0 Å². The van der Waals surface area contributed by atoms with Gasteiger partial charge in [-0.05, 0) is 42.5 Å². The Hall–Kier alpha value is -2.36. The van der Waals surface area contributed by atoms with E-state index >= 15 is 0 Å². The fraction of sp³-hybridized carbons (Fsp3) is 0.235. The van der Waals surface area contributed by atoms with Crippen molar-refractivity contribution in [3.8, 4) is 0 Å². The number of nitrogen functional groups attached to an aromatic ring is 1. The van der Waals surface area contributed by atoms with Gasteiger partial charge in [-0.15, -0.1) is 0 Å². The molecule has 3 nitrogen and oxygen atoms in total. The van der Waals surface area contributed by atoms with Crippen LogP contribution in [0.25, 0.3) is 0 Å². The molecule has 0 heterocycles. The van der Waals surface area contributed by atoms with Crippen molar-refractivity contribution in [2.45, 2.75) is 25.3 Å². The first kappa shape index (κ1) is 13.6. The maximum absolute atomic E-state index is 13.4. The van der Waals surface area contributed by atoms with Gasteiger partial charge in [0, 0.05) is 6.04 Å². The maximum Gasteiger partial charge on any atom is 0.253 e.